The van der Waals surface area contributed by atoms with Crippen molar-refractivity contribution in [3.05, 3.63) is 6.92 Å². The van der Waals surface area contributed by atoms with Gasteiger partial charge in [-0.3, -0.25) is 0 Å². The fourth-order valence-electron chi connectivity index (χ4n) is 0. The van der Waals surface area contributed by atoms with Gasteiger partial charge in [0.25, 0.3) is 0 Å². The Morgan fingerprint density at radius 1 is 1.60 bits per heavy atom. The van der Waals surface area contributed by atoms with Crippen LogP contribution >= 0.6 is 0 Å². The van der Waals surface area contributed by atoms with Gasteiger partial charge in [-0.2, -0.15) is 0 Å². The van der Waals surface area contributed by atoms with E-state index in [1.54, 1.807) is 0 Å². The quantitative estimate of drug-likeness (QED) is 0.330. The number of nitriles is 1. The first-order chi connectivity index (χ1) is 1.41. The van der Waals surface area contributed by atoms with Gasteiger partial charge in [-0.15, -0.1) is 6.07 Å². The van der Waals surface area contributed by atoms with E-state index in [2.05, 4.69) is 6.92 Å². The standard InChI is InChI=1S/C2H2N.BrH.Cd/c1-2-3;;/h1H2;1H;/q-1;;+2/p-1. The van der Waals surface area contributed by atoms with Crippen LogP contribution in [0.2, 0.25) is 0 Å². The summed E-state index contributed by atoms with van der Waals surface area (Å²) in [7, 11) is 0. The Hall–Kier alpha value is 0.762. The summed E-state index contributed by atoms with van der Waals surface area (Å²) in [6, 6.07) is 1.50. The Kier molecular flexibility index (Phi) is 74.4. The van der Waals surface area contributed by atoms with Gasteiger partial charge in [-0.1, -0.05) is 0 Å². The molecule has 24 valence electrons. The molecule has 0 radical (unpaired) electrons. The number of hydrogen-bond acceptors (Lipinski definition) is 1. The van der Waals surface area contributed by atoms with Crippen molar-refractivity contribution < 1.29 is 44.3 Å². The van der Waals surface area contributed by atoms with Gasteiger partial charge in [0.05, 0.1) is 0 Å². The van der Waals surface area contributed by atoms with E-state index in [9.17, 15) is 0 Å². The first-order valence-corrected chi connectivity index (χ1v) is 0.577. The monoisotopic (exact) mass is 233 g/mol. The Balaban J connectivity index is -0.0000000200. The number of nitrogens with zero attached hydrogens (tertiary/aromatic N) is 1. The summed E-state index contributed by atoms with van der Waals surface area (Å²) in [5.41, 5.74) is 0. The maximum Gasteiger partial charge on any atom is 2.00 e. The van der Waals surface area contributed by atoms with Crippen LogP contribution in [0.25, 0.3) is 0 Å². The summed E-state index contributed by atoms with van der Waals surface area (Å²) in [6.45, 7) is 2.79. The summed E-state index contributed by atoms with van der Waals surface area (Å²) in [5.74, 6) is 0. The zero-order valence-corrected chi connectivity index (χ0v) is 8.36. The topological polar surface area (TPSA) is 23.8 Å². The van der Waals surface area contributed by atoms with E-state index >= 15 is 0 Å². The predicted molar refractivity (Wildman–Crippen MR) is 11.0 cm³/mol. The molecule has 3 heteroatoms. The maximum absolute atomic E-state index is 7.21. The molecule has 0 rings (SSSR count). The fraction of sp³-hybridized carbons (Fsp3) is 0. The van der Waals surface area contributed by atoms with Gasteiger partial charge >= 0.3 is 27.3 Å². The van der Waals surface area contributed by atoms with E-state index < -0.39 is 0 Å². The van der Waals surface area contributed by atoms with Crippen molar-refractivity contribution in [2.45, 2.75) is 0 Å². The van der Waals surface area contributed by atoms with E-state index in [1.165, 1.54) is 6.07 Å². The fourth-order valence-corrected chi connectivity index (χ4v) is 0. The number of rotatable bonds is 0. The van der Waals surface area contributed by atoms with Crippen LogP contribution in [0, 0.1) is 18.3 Å². The average Bonchev–Trinajstić information content (AvgIpc) is 0.918. The van der Waals surface area contributed by atoms with E-state index in [-0.39, 0.29) is 44.3 Å². The van der Waals surface area contributed by atoms with Gasteiger partial charge in [0.2, 0.25) is 0 Å². The van der Waals surface area contributed by atoms with E-state index in [0.717, 1.165) is 0 Å². The molecule has 0 aromatic rings. The minimum Gasteiger partial charge on any atom is -1.00 e. The molecule has 0 aliphatic carbocycles. The molecule has 0 N–H and O–H groups in total. The zero-order valence-electron chi connectivity index (χ0n) is 2.74. The normalized spacial score (nSPS) is 1.40. The van der Waals surface area contributed by atoms with Crippen LogP contribution in [-0.2, 0) is 27.3 Å². The Bertz CT molecular complexity index is 31.1. The number of halogens is 1. The molecular formula is C2H2BrCdN. The predicted octanol–water partition coefficient (Wildman–Crippen LogP) is -2.65. The zero-order chi connectivity index (χ0) is 2.71. The molecule has 0 bridgehead atoms. The smallest absolute Gasteiger partial charge is 1.00 e. The molecular weight excluding hydrogens is 230 g/mol. The summed E-state index contributed by atoms with van der Waals surface area (Å²) >= 11 is 0. The van der Waals surface area contributed by atoms with Crippen LogP contribution in [-0.4, -0.2) is 0 Å². The van der Waals surface area contributed by atoms with Gasteiger partial charge in [-0.05, 0) is 0 Å². The summed E-state index contributed by atoms with van der Waals surface area (Å²) in [5, 5.41) is 7.21. The molecule has 0 aliphatic heterocycles. The summed E-state index contributed by atoms with van der Waals surface area (Å²) in [4.78, 5) is 0. The first-order valence-electron chi connectivity index (χ1n) is 0.577. The molecule has 0 aromatic heterocycles. The van der Waals surface area contributed by atoms with Crippen molar-refractivity contribution >= 4 is 0 Å². The van der Waals surface area contributed by atoms with Gasteiger partial charge in [-0.25, -0.2) is 5.26 Å². The summed E-state index contributed by atoms with van der Waals surface area (Å²) in [6.07, 6.45) is 0. The third-order valence-electron chi connectivity index (χ3n) is 0. The van der Waals surface area contributed by atoms with Crippen molar-refractivity contribution in [1.82, 2.24) is 0 Å². The van der Waals surface area contributed by atoms with E-state index in [1.807, 2.05) is 0 Å². The molecule has 1 nitrogen and oxygen atoms in total. The van der Waals surface area contributed by atoms with Crippen LogP contribution < -0.4 is 17.0 Å². The number of hydrogen-bond donors (Lipinski definition) is 0. The van der Waals surface area contributed by atoms with Crippen LogP contribution in [0.1, 0.15) is 0 Å². The maximum atomic E-state index is 7.21. The summed E-state index contributed by atoms with van der Waals surface area (Å²) < 4.78 is 0. The van der Waals surface area contributed by atoms with Gasteiger partial charge in [0.15, 0.2) is 0 Å². The Morgan fingerprint density at radius 3 is 1.60 bits per heavy atom. The second-order valence-corrected chi connectivity index (χ2v) is 0.158. The minimum atomic E-state index is 0. The van der Waals surface area contributed by atoms with Crippen molar-refractivity contribution in [2.24, 2.45) is 0 Å². The molecule has 0 atom stereocenters. The molecule has 0 saturated heterocycles. The van der Waals surface area contributed by atoms with Gasteiger partial charge < -0.3 is 23.9 Å². The Morgan fingerprint density at radius 2 is 1.60 bits per heavy atom. The first kappa shape index (κ1) is 17.1. The Labute approximate surface area is 62.3 Å². The molecule has 0 amide bonds. The molecule has 0 saturated carbocycles. The van der Waals surface area contributed by atoms with Crippen LogP contribution in [0.3, 0.4) is 0 Å². The second-order valence-electron chi connectivity index (χ2n) is 0.158. The van der Waals surface area contributed by atoms with E-state index in [0.29, 0.717) is 0 Å². The molecule has 5 heavy (non-hydrogen) atoms. The third-order valence-corrected chi connectivity index (χ3v) is 0. The average molecular weight is 232 g/mol. The van der Waals surface area contributed by atoms with Crippen LogP contribution in [0.5, 0.6) is 0 Å². The van der Waals surface area contributed by atoms with Crippen molar-refractivity contribution in [2.75, 3.05) is 0 Å². The van der Waals surface area contributed by atoms with Crippen LogP contribution in [0.4, 0.5) is 0 Å². The van der Waals surface area contributed by atoms with Crippen LogP contribution in [0.15, 0.2) is 0 Å². The minimum absolute atomic E-state index is 0. The molecule has 0 heterocycles. The largest absolute Gasteiger partial charge is 2.00 e. The second kappa shape index (κ2) is 21.7. The van der Waals surface area contributed by atoms with Crippen molar-refractivity contribution in [3.8, 4) is 6.07 Å². The molecule has 0 spiro atoms. The molecule has 0 aliphatic rings. The molecule has 0 aromatic carbocycles. The van der Waals surface area contributed by atoms with Gasteiger partial charge in [0.1, 0.15) is 0 Å². The van der Waals surface area contributed by atoms with Crippen molar-refractivity contribution in [3.63, 3.8) is 0 Å². The molecule has 0 fully saturated rings. The third kappa shape index (κ3) is 62.6. The van der Waals surface area contributed by atoms with Crippen molar-refractivity contribution in [1.29, 1.82) is 5.26 Å². The van der Waals surface area contributed by atoms with Gasteiger partial charge in [0, 0.05) is 0 Å². The SMILES string of the molecule is [Br-].[CH2-]C#N.[Cd+2]. The molecule has 0 unspecified atom stereocenters. The van der Waals surface area contributed by atoms with E-state index in [4.69, 9.17) is 5.26 Å².